The van der Waals surface area contributed by atoms with Crippen LogP contribution in [-0.2, 0) is 16.9 Å². The number of nitro benzene ring substituents is 1. The van der Waals surface area contributed by atoms with Gasteiger partial charge < -0.3 is 0 Å². The van der Waals surface area contributed by atoms with E-state index in [1.807, 2.05) is 0 Å². The number of rotatable bonds is 7. The summed E-state index contributed by atoms with van der Waals surface area (Å²) in [6, 6.07) is 20.5. The molecular formula is C25H21N5O6S. The fraction of sp³-hybridized carbons (Fsp3) is 0.0800. The highest BCUT2D eigenvalue weighted by atomic mass is 32.2. The molecule has 188 valence electrons. The second-order valence-corrected chi connectivity index (χ2v) is 9.78. The molecule has 0 fully saturated rings. The van der Waals surface area contributed by atoms with E-state index in [9.17, 15) is 28.1 Å². The molecule has 0 aliphatic heterocycles. The first-order valence-electron chi connectivity index (χ1n) is 10.9. The summed E-state index contributed by atoms with van der Waals surface area (Å²) in [6.45, 7) is 1.64. The predicted octanol–water partition coefficient (Wildman–Crippen LogP) is 3.47. The minimum atomic E-state index is -4.44. The number of carbonyl (C=O) groups is 1. The number of ketones is 1. The lowest BCUT2D eigenvalue weighted by molar-refractivity contribution is -0.384. The van der Waals surface area contributed by atoms with Gasteiger partial charge in [0.15, 0.2) is 0 Å². The van der Waals surface area contributed by atoms with Gasteiger partial charge in [0.1, 0.15) is 5.69 Å². The van der Waals surface area contributed by atoms with Crippen LogP contribution >= 0.6 is 0 Å². The molecule has 0 unspecified atom stereocenters. The molecule has 1 N–H and O–H groups in total. The van der Waals surface area contributed by atoms with Crippen molar-refractivity contribution in [2.24, 2.45) is 12.1 Å². The van der Waals surface area contributed by atoms with E-state index in [-0.39, 0.29) is 21.8 Å². The smallest absolute Gasteiger partial charge is 0.286 e. The Balaban J connectivity index is 1.82. The lowest BCUT2D eigenvalue weighted by atomic mass is 10.1. The van der Waals surface area contributed by atoms with Crippen molar-refractivity contribution < 1.29 is 18.1 Å². The second kappa shape index (κ2) is 10.0. The molecule has 4 aromatic rings. The zero-order chi connectivity index (χ0) is 26.7. The molecule has 37 heavy (non-hydrogen) atoms. The summed E-state index contributed by atoms with van der Waals surface area (Å²) in [6.07, 6.45) is 0. The van der Waals surface area contributed by atoms with Gasteiger partial charge in [-0.2, -0.15) is 5.10 Å². The van der Waals surface area contributed by atoms with Gasteiger partial charge >= 0.3 is 0 Å². The molecule has 0 saturated heterocycles. The number of nitrogens with one attached hydrogen (secondary N) is 1. The third kappa shape index (κ3) is 4.82. The summed E-state index contributed by atoms with van der Waals surface area (Å²) in [5, 5.41) is 14.0. The van der Waals surface area contributed by atoms with E-state index in [0.29, 0.717) is 11.4 Å². The highest BCUT2D eigenvalue weighted by molar-refractivity contribution is 8.08. The van der Waals surface area contributed by atoms with Gasteiger partial charge in [-0.25, -0.2) is 13.1 Å². The number of hydrogen-bond donors (Lipinski definition) is 1. The van der Waals surface area contributed by atoms with E-state index in [1.54, 1.807) is 55.1 Å². The van der Waals surface area contributed by atoms with Crippen LogP contribution in [0.15, 0.2) is 99.7 Å². The average molecular weight is 520 g/mol. The third-order valence-corrected chi connectivity index (χ3v) is 7.34. The van der Waals surface area contributed by atoms with Gasteiger partial charge in [-0.15, -0.1) is 0 Å². The molecule has 11 nitrogen and oxygen atoms in total. The van der Waals surface area contributed by atoms with Crippen molar-refractivity contribution in [3.63, 3.8) is 0 Å². The number of hydrazone groups is 1. The topological polar surface area (TPSA) is 146 Å². The monoisotopic (exact) mass is 519 g/mol. The zero-order valence-corrected chi connectivity index (χ0v) is 20.5. The summed E-state index contributed by atoms with van der Waals surface area (Å²) in [5.74, 6) is -0.997. The van der Waals surface area contributed by atoms with Crippen LogP contribution in [0, 0.1) is 17.0 Å². The van der Waals surface area contributed by atoms with Gasteiger partial charge in [-0.05, 0) is 43.3 Å². The standard InChI is InChI=1S/C25H21N5O6S/c1-17-22(25(32)29(28(17)2)19-9-5-3-6-10-19)26-27-24(37(35,36)21-11-7-4-8-12-21)23(31)18-13-15-20(16-14-18)30(33)34/h3-16,26H,1-2H3/b27-24-. The summed E-state index contributed by atoms with van der Waals surface area (Å²) in [7, 11) is -2.78. The number of nitrogens with zero attached hydrogens (tertiary/aromatic N) is 4. The molecule has 4 rings (SSSR count). The van der Waals surface area contributed by atoms with E-state index < -0.39 is 31.1 Å². The minimum Gasteiger partial charge on any atom is -0.286 e. The number of nitro groups is 1. The summed E-state index contributed by atoms with van der Waals surface area (Å²) >= 11 is 0. The first-order valence-corrected chi connectivity index (χ1v) is 12.4. The first-order chi connectivity index (χ1) is 17.6. The molecule has 0 bridgehead atoms. The normalized spacial score (nSPS) is 11.8. The van der Waals surface area contributed by atoms with Crippen LogP contribution in [0.2, 0.25) is 0 Å². The lowest BCUT2D eigenvalue weighted by Crippen LogP contribution is -2.27. The summed E-state index contributed by atoms with van der Waals surface area (Å²) < 4.78 is 29.8. The van der Waals surface area contributed by atoms with Gasteiger partial charge in [0.25, 0.3) is 11.2 Å². The maximum absolute atomic E-state index is 13.4. The van der Waals surface area contributed by atoms with Crippen molar-refractivity contribution in [1.82, 2.24) is 9.36 Å². The van der Waals surface area contributed by atoms with E-state index in [0.717, 1.165) is 24.3 Å². The minimum absolute atomic E-state index is 0.0244. The Morgan fingerprint density at radius 3 is 2.08 bits per heavy atom. The number of hydrogen-bond acceptors (Lipinski definition) is 8. The first kappa shape index (κ1) is 25.3. The third-order valence-electron chi connectivity index (χ3n) is 5.67. The van der Waals surface area contributed by atoms with E-state index in [2.05, 4.69) is 10.5 Å². The van der Waals surface area contributed by atoms with Gasteiger partial charge in [0, 0.05) is 24.7 Å². The number of aromatic nitrogens is 2. The molecule has 12 heteroatoms. The van der Waals surface area contributed by atoms with E-state index >= 15 is 0 Å². The SMILES string of the molecule is Cc1c(N/N=C(/C(=O)c2ccc([N+](=O)[O-])cc2)S(=O)(=O)c2ccccc2)c(=O)n(-c2ccccc2)n1C. The molecule has 1 heterocycles. The maximum atomic E-state index is 13.4. The van der Waals surface area contributed by atoms with Crippen molar-refractivity contribution >= 4 is 32.0 Å². The number of anilines is 1. The van der Waals surface area contributed by atoms with Crippen molar-refractivity contribution in [3.05, 3.63) is 117 Å². The fourth-order valence-electron chi connectivity index (χ4n) is 3.61. The van der Waals surface area contributed by atoms with Crippen molar-refractivity contribution in [2.75, 3.05) is 5.43 Å². The van der Waals surface area contributed by atoms with Crippen LogP contribution in [0.1, 0.15) is 16.1 Å². The Morgan fingerprint density at radius 1 is 0.946 bits per heavy atom. The molecular weight excluding hydrogens is 498 g/mol. The van der Waals surface area contributed by atoms with Crippen LogP contribution in [0.4, 0.5) is 11.4 Å². The van der Waals surface area contributed by atoms with E-state index in [4.69, 9.17) is 0 Å². The van der Waals surface area contributed by atoms with Crippen LogP contribution in [0.25, 0.3) is 5.69 Å². The van der Waals surface area contributed by atoms with Gasteiger partial charge in [0.2, 0.25) is 20.7 Å². The Hall–Kier alpha value is -4.84. The zero-order valence-electron chi connectivity index (χ0n) is 19.7. The molecule has 0 aliphatic rings. The quantitative estimate of drug-likeness (QED) is 0.129. The molecule has 0 spiro atoms. The molecule has 0 aliphatic carbocycles. The van der Waals surface area contributed by atoms with Crippen molar-refractivity contribution in [1.29, 1.82) is 0 Å². The molecule has 0 amide bonds. The fourth-order valence-corrected chi connectivity index (χ4v) is 4.87. The van der Waals surface area contributed by atoms with Crippen LogP contribution < -0.4 is 11.0 Å². The van der Waals surface area contributed by atoms with Crippen LogP contribution in [0.5, 0.6) is 0 Å². The maximum Gasteiger partial charge on any atom is 0.296 e. The predicted molar refractivity (Wildman–Crippen MR) is 138 cm³/mol. The lowest BCUT2D eigenvalue weighted by Gasteiger charge is -2.08. The molecule has 0 saturated carbocycles. The van der Waals surface area contributed by atoms with Gasteiger partial charge in [0.05, 0.1) is 21.2 Å². The number of sulfone groups is 1. The highest BCUT2D eigenvalue weighted by Crippen LogP contribution is 2.19. The summed E-state index contributed by atoms with van der Waals surface area (Å²) in [5.41, 5.74) is 2.59. The Morgan fingerprint density at radius 2 is 1.51 bits per heavy atom. The molecule has 1 aromatic heterocycles. The van der Waals surface area contributed by atoms with E-state index in [1.165, 1.54) is 28.9 Å². The molecule has 3 aromatic carbocycles. The van der Waals surface area contributed by atoms with Crippen molar-refractivity contribution in [2.45, 2.75) is 11.8 Å². The number of non-ortho nitro benzene ring substituents is 1. The largest absolute Gasteiger partial charge is 0.296 e. The number of carbonyl (C=O) groups excluding carboxylic acids is 1. The average Bonchev–Trinajstić information content (AvgIpc) is 3.12. The summed E-state index contributed by atoms with van der Waals surface area (Å²) in [4.78, 5) is 36.7. The van der Waals surface area contributed by atoms with Crippen LogP contribution in [0.3, 0.4) is 0 Å². The molecule has 0 radical (unpaired) electrons. The Kier molecular flexibility index (Phi) is 6.85. The highest BCUT2D eigenvalue weighted by Gasteiger charge is 2.31. The Labute approximate surface area is 211 Å². The number of benzene rings is 3. The Bertz CT molecular complexity index is 1670. The van der Waals surface area contributed by atoms with Gasteiger partial charge in [-0.3, -0.25) is 29.8 Å². The van der Waals surface area contributed by atoms with Crippen LogP contribution in [-0.4, -0.2) is 33.5 Å². The number of para-hydroxylation sites is 1. The molecule has 0 atom stereocenters. The van der Waals surface area contributed by atoms with Gasteiger partial charge in [-0.1, -0.05) is 36.4 Å². The second-order valence-electron chi connectivity index (χ2n) is 7.91. The number of Topliss-reactive ketones (excluding diaryl/α,β-unsaturated/α-hetero) is 1. The van der Waals surface area contributed by atoms with Crippen molar-refractivity contribution in [3.8, 4) is 5.69 Å².